The lowest BCUT2D eigenvalue weighted by molar-refractivity contribution is 0.242. The standard InChI is InChI=1S/C21H25N9O/c1-16-14-17-20(26(16)2)21(23-15-22-17)28-11-8-27(9-12-28)10-13-30-19(31)5-4-18(25-30)29-7-3-6-24-29/h3-7,14-15H,8-13H2,1-2H3. The van der Waals surface area contributed by atoms with E-state index >= 15 is 0 Å². The first-order valence-corrected chi connectivity index (χ1v) is 10.4. The van der Waals surface area contributed by atoms with Crippen LogP contribution in [0.2, 0.25) is 0 Å². The maximum absolute atomic E-state index is 12.2. The van der Waals surface area contributed by atoms with Crippen molar-refractivity contribution >= 4 is 16.9 Å². The highest BCUT2D eigenvalue weighted by molar-refractivity contribution is 5.87. The van der Waals surface area contributed by atoms with E-state index in [0.29, 0.717) is 12.4 Å². The Hall–Kier alpha value is -3.53. The molecule has 0 aromatic carbocycles. The zero-order valence-corrected chi connectivity index (χ0v) is 17.7. The molecular weight excluding hydrogens is 394 g/mol. The van der Waals surface area contributed by atoms with Gasteiger partial charge in [0.2, 0.25) is 0 Å². The molecule has 10 nitrogen and oxygen atoms in total. The van der Waals surface area contributed by atoms with E-state index in [1.165, 1.54) is 10.4 Å². The van der Waals surface area contributed by atoms with Crippen molar-refractivity contribution in [1.82, 2.24) is 39.0 Å². The van der Waals surface area contributed by atoms with Crippen LogP contribution in [-0.4, -0.2) is 71.7 Å². The summed E-state index contributed by atoms with van der Waals surface area (Å²) < 4.78 is 5.33. The molecule has 0 saturated carbocycles. The number of fused-ring (bicyclic) bond motifs is 1. The molecule has 0 aliphatic carbocycles. The Bertz CT molecular complexity index is 1250. The van der Waals surface area contributed by atoms with Gasteiger partial charge in [0, 0.05) is 63.9 Å². The average molecular weight is 419 g/mol. The smallest absolute Gasteiger partial charge is 0.266 e. The molecule has 160 valence electrons. The minimum atomic E-state index is -0.100. The minimum Gasteiger partial charge on any atom is -0.352 e. The molecule has 0 radical (unpaired) electrons. The van der Waals surface area contributed by atoms with Crippen LogP contribution in [0.3, 0.4) is 0 Å². The quantitative estimate of drug-likeness (QED) is 0.474. The lowest BCUT2D eigenvalue weighted by atomic mass is 10.3. The van der Waals surface area contributed by atoms with E-state index in [1.807, 2.05) is 12.3 Å². The van der Waals surface area contributed by atoms with Crippen LogP contribution in [0.15, 0.2) is 47.8 Å². The maximum atomic E-state index is 12.2. The summed E-state index contributed by atoms with van der Waals surface area (Å²) in [6.45, 7) is 6.97. The Balaban J connectivity index is 1.24. The fraction of sp³-hybridized carbons (Fsp3) is 0.381. The average Bonchev–Trinajstić information content (AvgIpc) is 3.42. The van der Waals surface area contributed by atoms with Crippen molar-refractivity contribution in [3.63, 3.8) is 0 Å². The second-order valence-corrected chi connectivity index (χ2v) is 7.81. The first kappa shape index (κ1) is 19.4. The van der Waals surface area contributed by atoms with Gasteiger partial charge in [-0.1, -0.05) is 0 Å². The van der Waals surface area contributed by atoms with E-state index in [2.05, 4.69) is 54.6 Å². The second kappa shape index (κ2) is 7.95. The lowest BCUT2D eigenvalue weighted by Gasteiger charge is -2.35. The first-order valence-electron chi connectivity index (χ1n) is 10.4. The summed E-state index contributed by atoms with van der Waals surface area (Å²) in [7, 11) is 2.06. The Morgan fingerprint density at radius 1 is 1.06 bits per heavy atom. The van der Waals surface area contributed by atoms with Gasteiger partial charge in [-0.2, -0.15) is 5.10 Å². The predicted molar refractivity (Wildman–Crippen MR) is 118 cm³/mol. The molecule has 5 heterocycles. The highest BCUT2D eigenvalue weighted by Gasteiger charge is 2.21. The summed E-state index contributed by atoms with van der Waals surface area (Å²) in [5, 5.41) is 8.64. The van der Waals surface area contributed by atoms with Crippen LogP contribution in [0.25, 0.3) is 16.9 Å². The molecule has 1 saturated heterocycles. The normalized spacial score (nSPS) is 15.1. The number of nitrogens with zero attached hydrogens (tertiary/aromatic N) is 9. The predicted octanol–water partition coefficient (Wildman–Crippen LogP) is 0.841. The zero-order chi connectivity index (χ0) is 21.4. The minimum absolute atomic E-state index is 0.100. The van der Waals surface area contributed by atoms with Crippen molar-refractivity contribution in [2.45, 2.75) is 13.5 Å². The van der Waals surface area contributed by atoms with Crippen molar-refractivity contribution in [2.75, 3.05) is 37.6 Å². The van der Waals surface area contributed by atoms with E-state index in [1.54, 1.807) is 29.3 Å². The fourth-order valence-corrected chi connectivity index (χ4v) is 4.06. The van der Waals surface area contributed by atoms with Crippen LogP contribution in [0.4, 0.5) is 5.82 Å². The van der Waals surface area contributed by atoms with Gasteiger partial charge in [0.15, 0.2) is 11.6 Å². The molecular formula is C21H25N9O. The summed E-state index contributed by atoms with van der Waals surface area (Å²) in [5.41, 5.74) is 3.14. The van der Waals surface area contributed by atoms with E-state index in [9.17, 15) is 4.79 Å². The second-order valence-electron chi connectivity index (χ2n) is 7.81. The van der Waals surface area contributed by atoms with Crippen LogP contribution < -0.4 is 10.5 Å². The van der Waals surface area contributed by atoms with Crippen LogP contribution in [-0.2, 0) is 13.6 Å². The molecule has 0 unspecified atom stereocenters. The number of anilines is 1. The number of hydrogen-bond acceptors (Lipinski definition) is 7. The third kappa shape index (κ3) is 3.70. The molecule has 0 amide bonds. The summed E-state index contributed by atoms with van der Waals surface area (Å²) in [4.78, 5) is 25.9. The molecule has 0 spiro atoms. The Kier molecular flexibility index (Phi) is 4.99. The van der Waals surface area contributed by atoms with E-state index in [-0.39, 0.29) is 5.56 Å². The van der Waals surface area contributed by atoms with Crippen LogP contribution in [0, 0.1) is 6.92 Å². The van der Waals surface area contributed by atoms with Gasteiger partial charge in [0.1, 0.15) is 11.8 Å². The van der Waals surface area contributed by atoms with Gasteiger partial charge >= 0.3 is 0 Å². The molecule has 0 atom stereocenters. The summed E-state index contributed by atoms with van der Waals surface area (Å²) in [5.74, 6) is 1.63. The van der Waals surface area contributed by atoms with Gasteiger partial charge in [-0.15, -0.1) is 5.10 Å². The van der Waals surface area contributed by atoms with E-state index in [4.69, 9.17) is 0 Å². The van der Waals surface area contributed by atoms with Gasteiger partial charge in [-0.05, 0) is 25.1 Å². The van der Waals surface area contributed by atoms with Crippen molar-refractivity contribution in [3.05, 3.63) is 59.0 Å². The van der Waals surface area contributed by atoms with E-state index < -0.39 is 0 Å². The molecule has 4 aromatic heterocycles. The highest BCUT2D eigenvalue weighted by Crippen LogP contribution is 2.26. The molecule has 5 rings (SSSR count). The molecule has 1 aliphatic heterocycles. The van der Waals surface area contributed by atoms with Crippen LogP contribution >= 0.6 is 0 Å². The lowest BCUT2D eigenvalue weighted by Crippen LogP contribution is -2.48. The zero-order valence-electron chi connectivity index (χ0n) is 17.7. The third-order valence-corrected chi connectivity index (χ3v) is 5.93. The molecule has 0 bridgehead atoms. The van der Waals surface area contributed by atoms with Gasteiger partial charge in [-0.25, -0.2) is 19.3 Å². The number of piperazine rings is 1. The highest BCUT2D eigenvalue weighted by atomic mass is 16.1. The first-order chi connectivity index (χ1) is 15.1. The van der Waals surface area contributed by atoms with E-state index in [0.717, 1.165) is 49.6 Å². The fourth-order valence-electron chi connectivity index (χ4n) is 4.06. The summed E-state index contributed by atoms with van der Waals surface area (Å²) in [6, 6.07) is 7.17. The topological polar surface area (TPSA) is 89.9 Å². The van der Waals surface area contributed by atoms with Crippen molar-refractivity contribution in [1.29, 1.82) is 0 Å². The Morgan fingerprint density at radius 3 is 2.68 bits per heavy atom. The van der Waals surface area contributed by atoms with Gasteiger partial charge in [-0.3, -0.25) is 9.69 Å². The molecule has 1 fully saturated rings. The molecule has 1 aliphatic rings. The van der Waals surface area contributed by atoms with Gasteiger partial charge < -0.3 is 9.47 Å². The van der Waals surface area contributed by atoms with Crippen molar-refractivity contribution in [3.8, 4) is 5.82 Å². The number of rotatable bonds is 5. The van der Waals surface area contributed by atoms with Crippen LogP contribution in [0.1, 0.15) is 5.69 Å². The Morgan fingerprint density at radius 2 is 1.90 bits per heavy atom. The van der Waals surface area contributed by atoms with Gasteiger partial charge in [0.25, 0.3) is 5.56 Å². The summed E-state index contributed by atoms with van der Waals surface area (Å²) >= 11 is 0. The number of aryl methyl sites for hydroxylation is 2. The molecule has 4 aromatic rings. The van der Waals surface area contributed by atoms with Crippen molar-refractivity contribution in [2.24, 2.45) is 7.05 Å². The third-order valence-electron chi connectivity index (χ3n) is 5.93. The van der Waals surface area contributed by atoms with Gasteiger partial charge in [0.05, 0.1) is 12.1 Å². The molecule has 0 N–H and O–H groups in total. The largest absolute Gasteiger partial charge is 0.352 e. The Labute approximate surface area is 179 Å². The number of hydrogen-bond donors (Lipinski definition) is 0. The van der Waals surface area contributed by atoms with Crippen molar-refractivity contribution < 1.29 is 0 Å². The maximum Gasteiger partial charge on any atom is 0.266 e. The number of aromatic nitrogens is 7. The molecule has 10 heteroatoms. The van der Waals surface area contributed by atoms with Crippen LogP contribution in [0.5, 0.6) is 0 Å². The monoisotopic (exact) mass is 419 g/mol. The summed E-state index contributed by atoms with van der Waals surface area (Å²) in [6.07, 6.45) is 5.15. The molecule has 31 heavy (non-hydrogen) atoms. The SMILES string of the molecule is Cc1cc2ncnc(N3CCN(CCn4nc(-n5cccn5)ccc4=O)CC3)c2n1C.